The van der Waals surface area contributed by atoms with Crippen molar-refractivity contribution in [2.45, 2.75) is 44.8 Å². The molecule has 0 spiro atoms. The van der Waals surface area contributed by atoms with Crippen LogP contribution in [0.15, 0.2) is 18.2 Å². The van der Waals surface area contributed by atoms with Gasteiger partial charge in [0.1, 0.15) is 11.6 Å². The number of nitrogens with zero attached hydrogens (tertiary/aromatic N) is 1. The molecule has 110 valence electrons. The van der Waals surface area contributed by atoms with Gasteiger partial charge in [-0.25, -0.2) is 8.78 Å². The van der Waals surface area contributed by atoms with E-state index in [1.165, 1.54) is 31.0 Å². The number of hydrogen-bond acceptors (Lipinski definition) is 2. The van der Waals surface area contributed by atoms with Gasteiger partial charge in [0, 0.05) is 36.8 Å². The van der Waals surface area contributed by atoms with Gasteiger partial charge in [-0.1, -0.05) is 0 Å². The predicted octanol–water partition coefficient (Wildman–Crippen LogP) is 2.93. The highest BCUT2D eigenvalue weighted by molar-refractivity contribution is 5.19. The van der Waals surface area contributed by atoms with Gasteiger partial charge in [0.15, 0.2) is 0 Å². The average Bonchev–Trinajstić information content (AvgIpc) is 3.20. The van der Waals surface area contributed by atoms with Gasteiger partial charge >= 0.3 is 0 Å². The molecule has 2 nitrogen and oxygen atoms in total. The number of piperazine rings is 1. The van der Waals surface area contributed by atoms with Crippen molar-refractivity contribution in [3.8, 4) is 0 Å². The molecule has 1 aliphatic carbocycles. The Kier molecular flexibility index (Phi) is 3.55. The molecular formula is C16H22F2N2. The summed E-state index contributed by atoms with van der Waals surface area (Å²) < 4.78 is 27.1. The third-order valence-corrected chi connectivity index (χ3v) is 4.63. The van der Waals surface area contributed by atoms with E-state index in [9.17, 15) is 8.78 Å². The Morgan fingerprint density at radius 1 is 1.30 bits per heavy atom. The lowest BCUT2D eigenvalue weighted by molar-refractivity contribution is 0.0523. The molecular weight excluding hydrogens is 258 g/mol. The summed E-state index contributed by atoms with van der Waals surface area (Å²) in [7, 11) is 0. The zero-order valence-electron chi connectivity index (χ0n) is 12.1. The van der Waals surface area contributed by atoms with Crippen molar-refractivity contribution < 1.29 is 8.78 Å². The number of rotatable bonds is 3. The van der Waals surface area contributed by atoms with Crippen LogP contribution in [0.4, 0.5) is 8.78 Å². The van der Waals surface area contributed by atoms with Crippen LogP contribution in [0, 0.1) is 17.6 Å². The van der Waals surface area contributed by atoms with E-state index in [4.69, 9.17) is 0 Å². The van der Waals surface area contributed by atoms with Gasteiger partial charge in [0.2, 0.25) is 0 Å². The summed E-state index contributed by atoms with van der Waals surface area (Å²) in [4.78, 5) is 2.28. The molecule has 1 unspecified atom stereocenters. The van der Waals surface area contributed by atoms with Crippen LogP contribution in [-0.4, -0.2) is 29.6 Å². The maximum absolute atomic E-state index is 13.8. The van der Waals surface area contributed by atoms with E-state index in [2.05, 4.69) is 24.1 Å². The van der Waals surface area contributed by atoms with Crippen LogP contribution < -0.4 is 5.32 Å². The predicted molar refractivity (Wildman–Crippen MR) is 75.4 cm³/mol. The molecule has 1 saturated heterocycles. The van der Waals surface area contributed by atoms with Crippen LogP contribution in [0.2, 0.25) is 0 Å². The molecule has 20 heavy (non-hydrogen) atoms. The van der Waals surface area contributed by atoms with Crippen LogP contribution in [0.5, 0.6) is 0 Å². The zero-order valence-corrected chi connectivity index (χ0v) is 12.1. The Morgan fingerprint density at radius 2 is 2.05 bits per heavy atom. The first-order chi connectivity index (χ1) is 9.45. The molecule has 2 fully saturated rings. The van der Waals surface area contributed by atoms with E-state index in [1.807, 2.05) is 0 Å². The summed E-state index contributed by atoms with van der Waals surface area (Å²) >= 11 is 0. The smallest absolute Gasteiger partial charge is 0.127 e. The molecule has 1 heterocycles. The van der Waals surface area contributed by atoms with Crippen LogP contribution in [-0.2, 0) is 6.54 Å². The standard InChI is InChI=1S/C16H22F2N2/c1-16(2)10-19-15(11-3-4-11)9-20(16)8-12-7-13(17)5-6-14(12)18/h5-7,11,15,19H,3-4,8-10H2,1-2H3. The monoisotopic (exact) mass is 280 g/mol. The lowest BCUT2D eigenvalue weighted by Gasteiger charge is -2.46. The lowest BCUT2D eigenvalue weighted by Crippen LogP contribution is -2.62. The number of nitrogens with one attached hydrogen (secondary N) is 1. The molecule has 1 N–H and O–H groups in total. The van der Waals surface area contributed by atoms with E-state index in [0.29, 0.717) is 18.2 Å². The normalized spacial score (nSPS) is 26.7. The highest BCUT2D eigenvalue weighted by Gasteiger charge is 2.40. The maximum Gasteiger partial charge on any atom is 0.127 e. The van der Waals surface area contributed by atoms with Gasteiger partial charge in [-0.3, -0.25) is 4.90 Å². The van der Waals surface area contributed by atoms with Crippen molar-refractivity contribution in [2.75, 3.05) is 13.1 Å². The highest BCUT2D eigenvalue weighted by atomic mass is 19.1. The molecule has 1 saturated carbocycles. The number of hydrogen-bond donors (Lipinski definition) is 1. The maximum atomic E-state index is 13.8. The third kappa shape index (κ3) is 2.86. The van der Waals surface area contributed by atoms with Gasteiger partial charge in [-0.2, -0.15) is 0 Å². The van der Waals surface area contributed by atoms with E-state index in [1.54, 1.807) is 0 Å². The molecule has 1 aliphatic heterocycles. The summed E-state index contributed by atoms with van der Waals surface area (Å²) in [6.45, 7) is 6.58. The first kappa shape index (κ1) is 14.0. The minimum atomic E-state index is -0.368. The van der Waals surface area contributed by atoms with Crippen LogP contribution >= 0.6 is 0 Å². The fraction of sp³-hybridized carbons (Fsp3) is 0.625. The van der Waals surface area contributed by atoms with Gasteiger partial charge in [0.25, 0.3) is 0 Å². The van der Waals surface area contributed by atoms with E-state index in [-0.39, 0.29) is 17.2 Å². The van der Waals surface area contributed by atoms with Crippen LogP contribution in [0.25, 0.3) is 0 Å². The van der Waals surface area contributed by atoms with Crippen molar-refractivity contribution in [3.05, 3.63) is 35.4 Å². The van der Waals surface area contributed by atoms with Crippen molar-refractivity contribution in [2.24, 2.45) is 5.92 Å². The van der Waals surface area contributed by atoms with Gasteiger partial charge in [0.05, 0.1) is 0 Å². The van der Waals surface area contributed by atoms with Crippen molar-refractivity contribution in [3.63, 3.8) is 0 Å². The summed E-state index contributed by atoms with van der Waals surface area (Å²) in [5, 5.41) is 3.60. The van der Waals surface area contributed by atoms with Crippen molar-refractivity contribution in [1.82, 2.24) is 10.2 Å². The second-order valence-electron chi connectivity index (χ2n) is 6.75. The Morgan fingerprint density at radius 3 is 2.75 bits per heavy atom. The Labute approximate surface area is 119 Å². The van der Waals surface area contributed by atoms with E-state index >= 15 is 0 Å². The Balaban J connectivity index is 1.77. The highest BCUT2D eigenvalue weighted by Crippen LogP contribution is 2.36. The van der Waals surface area contributed by atoms with Crippen LogP contribution in [0.1, 0.15) is 32.3 Å². The summed E-state index contributed by atoms with van der Waals surface area (Å²) in [5.74, 6) is 0.0859. The zero-order chi connectivity index (χ0) is 14.3. The molecule has 4 heteroatoms. The molecule has 0 amide bonds. The largest absolute Gasteiger partial charge is 0.311 e. The fourth-order valence-corrected chi connectivity index (χ4v) is 3.00. The minimum Gasteiger partial charge on any atom is -0.311 e. The van der Waals surface area contributed by atoms with Crippen LogP contribution in [0.3, 0.4) is 0 Å². The average molecular weight is 280 g/mol. The van der Waals surface area contributed by atoms with Crippen molar-refractivity contribution in [1.29, 1.82) is 0 Å². The number of halogens is 2. The first-order valence-electron chi connectivity index (χ1n) is 7.38. The lowest BCUT2D eigenvalue weighted by atomic mass is 9.95. The summed E-state index contributed by atoms with van der Waals surface area (Å²) in [6.07, 6.45) is 2.58. The number of benzene rings is 1. The summed E-state index contributed by atoms with van der Waals surface area (Å²) in [6, 6.07) is 4.21. The molecule has 3 rings (SSSR count). The molecule has 0 radical (unpaired) electrons. The van der Waals surface area contributed by atoms with Crippen molar-refractivity contribution >= 4 is 0 Å². The first-order valence-corrected chi connectivity index (χ1v) is 7.38. The quantitative estimate of drug-likeness (QED) is 0.916. The summed E-state index contributed by atoms with van der Waals surface area (Å²) in [5.41, 5.74) is 0.416. The molecule has 1 aromatic carbocycles. The molecule has 0 aromatic heterocycles. The molecule has 1 aromatic rings. The molecule has 1 atom stereocenters. The second kappa shape index (κ2) is 5.08. The van der Waals surface area contributed by atoms with E-state index < -0.39 is 0 Å². The third-order valence-electron chi connectivity index (χ3n) is 4.63. The SMILES string of the molecule is CC1(C)CNC(C2CC2)CN1Cc1cc(F)ccc1F. The van der Waals surface area contributed by atoms with Gasteiger partial charge in [-0.05, 0) is 50.8 Å². The van der Waals surface area contributed by atoms with E-state index in [0.717, 1.165) is 19.0 Å². The topological polar surface area (TPSA) is 15.3 Å². The molecule has 0 bridgehead atoms. The second-order valence-corrected chi connectivity index (χ2v) is 6.75. The minimum absolute atomic E-state index is 0.0376. The van der Waals surface area contributed by atoms with Gasteiger partial charge in [-0.15, -0.1) is 0 Å². The Bertz CT molecular complexity index is 497. The fourth-order valence-electron chi connectivity index (χ4n) is 3.00. The van der Waals surface area contributed by atoms with Gasteiger partial charge < -0.3 is 5.32 Å². The Hall–Kier alpha value is -1.00. The molecule has 2 aliphatic rings.